The smallest absolute Gasteiger partial charge is 0.157 e. The van der Waals surface area contributed by atoms with Crippen molar-refractivity contribution in [2.45, 2.75) is 26.3 Å². The van der Waals surface area contributed by atoms with Crippen LogP contribution in [0.3, 0.4) is 0 Å². The van der Waals surface area contributed by atoms with Gasteiger partial charge in [0.2, 0.25) is 0 Å². The molecule has 0 saturated carbocycles. The number of rotatable bonds is 2. The number of nitrogens with zero attached hydrogens (tertiary/aromatic N) is 5. The van der Waals surface area contributed by atoms with Gasteiger partial charge < -0.3 is 5.32 Å². The zero-order valence-electron chi connectivity index (χ0n) is 11.7. The largest absolute Gasteiger partial charge is 0.365 e. The summed E-state index contributed by atoms with van der Waals surface area (Å²) in [6.07, 6.45) is 8.61. The predicted molar refractivity (Wildman–Crippen MR) is 77.4 cm³/mol. The number of anilines is 1. The molecule has 0 aliphatic carbocycles. The van der Waals surface area contributed by atoms with Crippen molar-refractivity contribution in [1.82, 2.24) is 24.3 Å². The van der Waals surface area contributed by atoms with Crippen molar-refractivity contribution in [2.75, 3.05) is 5.32 Å². The summed E-state index contributed by atoms with van der Waals surface area (Å²) in [5, 5.41) is 3.48. The quantitative estimate of drug-likeness (QED) is 0.773. The molecule has 0 aromatic carbocycles. The molecule has 102 valence electrons. The Balaban J connectivity index is 2.23. The van der Waals surface area contributed by atoms with Crippen LogP contribution in [0.1, 0.15) is 20.8 Å². The zero-order chi connectivity index (χ0) is 14.2. The number of hydrogen-bond donors (Lipinski definition) is 1. The van der Waals surface area contributed by atoms with E-state index in [0.717, 1.165) is 22.9 Å². The first-order chi connectivity index (χ1) is 9.54. The molecule has 0 unspecified atom stereocenters. The lowest BCUT2D eigenvalue weighted by Crippen LogP contribution is -2.27. The Morgan fingerprint density at radius 2 is 2.00 bits per heavy atom. The highest BCUT2D eigenvalue weighted by atomic mass is 15.2. The van der Waals surface area contributed by atoms with Gasteiger partial charge in [0.05, 0.1) is 11.9 Å². The van der Waals surface area contributed by atoms with Gasteiger partial charge in [-0.25, -0.2) is 15.0 Å². The molecule has 20 heavy (non-hydrogen) atoms. The van der Waals surface area contributed by atoms with E-state index in [-0.39, 0.29) is 5.54 Å². The maximum Gasteiger partial charge on any atom is 0.157 e. The summed E-state index contributed by atoms with van der Waals surface area (Å²) in [7, 11) is 0. The first-order valence-electron chi connectivity index (χ1n) is 6.41. The normalized spacial score (nSPS) is 11.8. The van der Waals surface area contributed by atoms with Crippen LogP contribution in [0.4, 0.5) is 5.82 Å². The lowest BCUT2D eigenvalue weighted by molar-refractivity contribution is 0.629. The molecule has 0 spiro atoms. The summed E-state index contributed by atoms with van der Waals surface area (Å²) in [6, 6.07) is 1.85. The standard InChI is InChI=1S/C14H16N6/c1-14(2,3)19-13-12(10-4-5-16-9-17-10)18-11-8-15-6-7-20(11)13/h4-9,19H,1-3H3. The van der Waals surface area contributed by atoms with Crippen molar-refractivity contribution in [2.24, 2.45) is 0 Å². The lowest BCUT2D eigenvalue weighted by atomic mass is 10.1. The number of imidazole rings is 1. The van der Waals surface area contributed by atoms with E-state index in [2.05, 4.69) is 46.0 Å². The summed E-state index contributed by atoms with van der Waals surface area (Å²) in [6.45, 7) is 6.33. The van der Waals surface area contributed by atoms with Gasteiger partial charge in [-0.3, -0.25) is 9.38 Å². The summed E-state index contributed by atoms with van der Waals surface area (Å²) in [5.74, 6) is 0.911. The minimum Gasteiger partial charge on any atom is -0.365 e. The van der Waals surface area contributed by atoms with E-state index < -0.39 is 0 Å². The third-order valence-electron chi connectivity index (χ3n) is 2.75. The second-order valence-electron chi connectivity index (χ2n) is 5.58. The van der Waals surface area contributed by atoms with Gasteiger partial charge in [0, 0.05) is 24.1 Å². The van der Waals surface area contributed by atoms with Gasteiger partial charge in [-0.15, -0.1) is 0 Å². The number of hydrogen-bond acceptors (Lipinski definition) is 5. The van der Waals surface area contributed by atoms with Crippen molar-refractivity contribution in [1.29, 1.82) is 0 Å². The Kier molecular flexibility index (Phi) is 2.85. The van der Waals surface area contributed by atoms with E-state index in [0.29, 0.717) is 0 Å². The number of fused-ring (bicyclic) bond motifs is 1. The van der Waals surface area contributed by atoms with Gasteiger partial charge in [0.15, 0.2) is 5.65 Å². The molecule has 6 nitrogen and oxygen atoms in total. The Bertz CT molecular complexity index is 726. The first-order valence-corrected chi connectivity index (χ1v) is 6.41. The number of nitrogens with one attached hydrogen (secondary N) is 1. The van der Waals surface area contributed by atoms with Crippen LogP contribution in [-0.4, -0.2) is 29.9 Å². The van der Waals surface area contributed by atoms with E-state index in [4.69, 9.17) is 0 Å². The third kappa shape index (κ3) is 2.32. The van der Waals surface area contributed by atoms with Crippen LogP contribution in [0.15, 0.2) is 37.2 Å². The summed E-state index contributed by atoms with van der Waals surface area (Å²) < 4.78 is 1.98. The van der Waals surface area contributed by atoms with Crippen LogP contribution in [0.25, 0.3) is 17.0 Å². The van der Waals surface area contributed by atoms with Crippen LogP contribution in [0, 0.1) is 0 Å². The molecule has 3 rings (SSSR count). The van der Waals surface area contributed by atoms with Gasteiger partial charge in [-0.05, 0) is 26.8 Å². The average Bonchev–Trinajstić information content (AvgIpc) is 2.77. The fourth-order valence-electron chi connectivity index (χ4n) is 1.99. The summed E-state index contributed by atoms with van der Waals surface area (Å²) >= 11 is 0. The second kappa shape index (κ2) is 4.56. The molecule has 6 heteroatoms. The van der Waals surface area contributed by atoms with Gasteiger partial charge >= 0.3 is 0 Å². The zero-order valence-corrected chi connectivity index (χ0v) is 11.7. The Hall–Kier alpha value is -2.50. The molecule has 0 aliphatic heterocycles. The highest BCUT2D eigenvalue weighted by Crippen LogP contribution is 2.28. The molecule has 3 aromatic heterocycles. The molecule has 0 radical (unpaired) electrons. The molecule has 0 aliphatic rings. The lowest BCUT2D eigenvalue weighted by Gasteiger charge is -2.22. The topological polar surface area (TPSA) is 68.0 Å². The number of aromatic nitrogens is 5. The molecule has 3 aromatic rings. The van der Waals surface area contributed by atoms with Crippen molar-refractivity contribution in [3.8, 4) is 11.4 Å². The minimum atomic E-state index is -0.0823. The van der Waals surface area contributed by atoms with Crippen molar-refractivity contribution in [3.63, 3.8) is 0 Å². The highest BCUT2D eigenvalue weighted by Gasteiger charge is 2.19. The van der Waals surface area contributed by atoms with E-state index in [1.807, 2.05) is 16.7 Å². The fraction of sp³-hybridized carbons (Fsp3) is 0.286. The molecule has 1 N–H and O–H groups in total. The molecule has 0 fully saturated rings. The van der Waals surface area contributed by atoms with Gasteiger partial charge in [0.1, 0.15) is 17.8 Å². The first kappa shape index (κ1) is 12.5. The minimum absolute atomic E-state index is 0.0823. The Morgan fingerprint density at radius 1 is 1.15 bits per heavy atom. The van der Waals surface area contributed by atoms with Crippen molar-refractivity contribution in [3.05, 3.63) is 37.2 Å². The van der Waals surface area contributed by atoms with E-state index in [1.54, 1.807) is 18.6 Å². The van der Waals surface area contributed by atoms with Gasteiger partial charge in [0.25, 0.3) is 0 Å². The SMILES string of the molecule is CC(C)(C)Nc1c(-c2ccncn2)nc2cnccn12. The third-order valence-corrected chi connectivity index (χ3v) is 2.75. The molecule has 0 bridgehead atoms. The molecule has 3 heterocycles. The van der Waals surface area contributed by atoms with Gasteiger partial charge in [-0.1, -0.05) is 0 Å². The van der Waals surface area contributed by atoms with Crippen molar-refractivity contribution < 1.29 is 0 Å². The maximum absolute atomic E-state index is 4.61. The van der Waals surface area contributed by atoms with E-state index >= 15 is 0 Å². The van der Waals surface area contributed by atoms with Crippen LogP contribution in [-0.2, 0) is 0 Å². The van der Waals surface area contributed by atoms with Crippen LogP contribution in [0.5, 0.6) is 0 Å². The predicted octanol–water partition coefficient (Wildman–Crippen LogP) is 2.40. The summed E-state index contributed by atoms with van der Waals surface area (Å²) in [4.78, 5) is 17.0. The maximum atomic E-state index is 4.61. The monoisotopic (exact) mass is 268 g/mol. The van der Waals surface area contributed by atoms with Crippen LogP contribution >= 0.6 is 0 Å². The van der Waals surface area contributed by atoms with Crippen molar-refractivity contribution >= 4 is 11.5 Å². The van der Waals surface area contributed by atoms with Crippen LogP contribution < -0.4 is 5.32 Å². The van der Waals surface area contributed by atoms with Gasteiger partial charge in [-0.2, -0.15) is 0 Å². The highest BCUT2D eigenvalue weighted by molar-refractivity contribution is 5.74. The molecular weight excluding hydrogens is 252 g/mol. The van der Waals surface area contributed by atoms with Crippen LogP contribution in [0.2, 0.25) is 0 Å². The molecule has 0 atom stereocenters. The molecule has 0 amide bonds. The van der Waals surface area contributed by atoms with E-state index in [9.17, 15) is 0 Å². The average molecular weight is 268 g/mol. The molecule has 0 saturated heterocycles. The Labute approximate surface area is 116 Å². The Morgan fingerprint density at radius 3 is 2.70 bits per heavy atom. The molecular formula is C14H16N6. The summed E-state index contributed by atoms with van der Waals surface area (Å²) in [5.41, 5.74) is 2.29. The second-order valence-corrected chi connectivity index (χ2v) is 5.58. The fourth-order valence-corrected chi connectivity index (χ4v) is 1.99. The van der Waals surface area contributed by atoms with E-state index in [1.165, 1.54) is 6.33 Å².